The quantitative estimate of drug-likeness (QED) is 0.738. The van der Waals surface area contributed by atoms with Crippen molar-refractivity contribution in [2.45, 2.75) is 37.3 Å². The Kier molecular flexibility index (Phi) is 4.10. The number of rotatable bonds is 2. The van der Waals surface area contributed by atoms with Crippen LogP contribution in [0.5, 0.6) is 0 Å². The summed E-state index contributed by atoms with van der Waals surface area (Å²) in [5.74, 6) is -0.102. The molecule has 0 aromatic heterocycles. The summed E-state index contributed by atoms with van der Waals surface area (Å²) in [5, 5.41) is 0. The van der Waals surface area contributed by atoms with Gasteiger partial charge in [-0.1, -0.05) is 0 Å². The van der Waals surface area contributed by atoms with Crippen LogP contribution < -0.4 is 5.73 Å². The van der Waals surface area contributed by atoms with Crippen molar-refractivity contribution in [2.75, 3.05) is 33.9 Å². The van der Waals surface area contributed by atoms with E-state index in [-0.39, 0.29) is 17.9 Å². The fourth-order valence-corrected chi connectivity index (χ4v) is 2.80. The lowest BCUT2D eigenvalue weighted by Gasteiger charge is -2.37. The van der Waals surface area contributed by atoms with Gasteiger partial charge in [0.25, 0.3) is 0 Å². The molecule has 2 saturated heterocycles. The summed E-state index contributed by atoms with van der Waals surface area (Å²) in [7, 11) is 3.44. The summed E-state index contributed by atoms with van der Waals surface area (Å²) in [6.45, 7) is 1.66. The maximum Gasteiger partial charge on any atom is 0.244 e. The molecule has 0 aromatic carbocycles. The Morgan fingerprint density at radius 1 is 1.32 bits per heavy atom. The van der Waals surface area contributed by atoms with E-state index in [0.717, 1.165) is 12.8 Å². The Morgan fingerprint density at radius 2 is 1.95 bits per heavy atom. The second-order valence-electron chi connectivity index (χ2n) is 5.66. The summed E-state index contributed by atoms with van der Waals surface area (Å²) in [5.41, 5.74) is 5.37. The third kappa shape index (κ3) is 2.74. The molecule has 1 atom stereocenters. The first-order valence-electron chi connectivity index (χ1n) is 6.84. The van der Waals surface area contributed by atoms with Gasteiger partial charge in [-0.25, -0.2) is 0 Å². The van der Waals surface area contributed by atoms with Gasteiger partial charge in [0.05, 0.1) is 5.54 Å². The van der Waals surface area contributed by atoms with Gasteiger partial charge in [-0.2, -0.15) is 0 Å². The fraction of sp³-hybridized carbons (Fsp3) is 0.846. The predicted octanol–water partition coefficient (Wildman–Crippen LogP) is -0.426. The third-order valence-corrected chi connectivity index (χ3v) is 4.05. The van der Waals surface area contributed by atoms with Gasteiger partial charge in [0.1, 0.15) is 6.04 Å². The monoisotopic (exact) mass is 269 g/mol. The Labute approximate surface area is 113 Å². The van der Waals surface area contributed by atoms with Crippen molar-refractivity contribution in [1.29, 1.82) is 0 Å². The number of nitrogens with two attached hydrogens (primary N) is 1. The summed E-state index contributed by atoms with van der Waals surface area (Å²) >= 11 is 0. The minimum atomic E-state index is -0.854. The molecule has 0 spiro atoms. The van der Waals surface area contributed by atoms with E-state index in [9.17, 15) is 9.59 Å². The van der Waals surface area contributed by atoms with Gasteiger partial charge in [0, 0.05) is 33.9 Å². The minimum absolute atomic E-state index is 0.0125. The van der Waals surface area contributed by atoms with Crippen LogP contribution in [0.2, 0.25) is 0 Å². The first-order chi connectivity index (χ1) is 8.96. The molecule has 6 heteroatoms. The van der Waals surface area contributed by atoms with E-state index < -0.39 is 5.54 Å². The fourth-order valence-electron chi connectivity index (χ4n) is 2.80. The minimum Gasteiger partial charge on any atom is -0.381 e. The van der Waals surface area contributed by atoms with Gasteiger partial charge < -0.3 is 20.3 Å². The lowest BCUT2D eigenvalue weighted by Crippen LogP contribution is -2.60. The van der Waals surface area contributed by atoms with Crippen LogP contribution in [0, 0.1) is 0 Å². The Morgan fingerprint density at radius 3 is 2.53 bits per heavy atom. The van der Waals surface area contributed by atoms with Crippen LogP contribution in [-0.2, 0) is 14.3 Å². The van der Waals surface area contributed by atoms with E-state index in [0.29, 0.717) is 32.6 Å². The number of ether oxygens (including phenoxy) is 1. The summed E-state index contributed by atoms with van der Waals surface area (Å²) in [6.07, 6.45) is 2.66. The number of nitrogens with zero attached hydrogens (tertiary/aromatic N) is 2. The van der Waals surface area contributed by atoms with Crippen molar-refractivity contribution in [3.63, 3.8) is 0 Å². The van der Waals surface area contributed by atoms with E-state index in [1.165, 1.54) is 0 Å². The van der Waals surface area contributed by atoms with Gasteiger partial charge in [-0.15, -0.1) is 0 Å². The molecule has 0 aliphatic carbocycles. The molecule has 2 aliphatic heterocycles. The SMILES string of the molecule is CN(C)C(=O)C1CCCN1C(=O)C1(N)CCOCC1. The molecule has 0 saturated carbocycles. The van der Waals surface area contributed by atoms with E-state index in [2.05, 4.69) is 0 Å². The highest BCUT2D eigenvalue weighted by Gasteiger charge is 2.44. The van der Waals surface area contributed by atoms with Crippen LogP contribution in [0.15, 0.2) is 0 Å². The molecule has 0 bridgehead atoms. The number of carbonyl (C=O) groups excluding carboxylic acids is 2. The molecule has 2 amide bonds. The van der Waals surface area contributed by atoms with Crippen molar-refractivity contribution < 1.29 is 14.3 Å². The maximum atomic E-state index is 12.6. The lowest BCUT2D eigenvalue weighted by atomic mass is 9.89. The number of amides is 2. The van der Waals surface area contributed by atoms with Crippen LogP contribution in [0.25, 0.3) is 0 Å². The molecule has 19 heavy (non-hydrogen) atoms. The molecule has 0 aromatic rings. The highest BCUT2D eigenvalue weighted by molar-refractivity contribution is 5.92. The molecule has 2 rings (SSSR count). The van der Waals surface area contributed by atoms with Gasteiger partial charge in [0.15, 0.2) is 0 Å². The van der Waals surface area contributed by atoms with E-state index >= 15 is 0 Å². The van der Waals surface area contributed by atoms with Gasteiger partial charge in [-0.3, -0.25) is 9.59 Å². The first-order valence-corrected chi connectivity index (χ1v) is 6.84. The first kappa shape index (κ1) is 14.3. The number of hydrogen-bond donors (Lipinski definition) is 1. The second-order valence-corrected chi connectivity index (χ2v) is 5.66. The zero-order valence-corrected chi connectivity index (χ0v) is 11.7. The predicted molar refractivity (Wildman–Crippen MR) is 70.4 cm³/mol. The molecule has 6 nitrogen and oxygen atoms in total. The van der Waals surface area contributed by atoms with Crippen LogP contribution in [0.1, 0.15) is 25.7 Å². The van der Waals surface area contributed by atoms with Crippen LogP contribution in [-0.4, -0.2) is 67.0 Å². The average molecular weight is 269 g/mol. The number of likely N-dealkylation sites (tertiary alicyclic amines) is 1. The Hall–Kier alpha value is -1.14. The normalized spacial score (nSPS) is 26.3. The number of likely N-dealkylation sites (N-methyl/N-ethyl adjacent to an activating group) is 1. The van der Waals surface area contributed by atoms with Crippen LogP contribution in [0.4, 0.5) is 0 Å². The standard InChI is InChI=1S/C13H23N3O3/c1-15(2)11(17)10-4-3-7-16(10)12(18)13(14)5-8-19-9-6-13/h10H,3-9,14H2,1-2H3. The van der Waals surface area contributed by atoms with E-state index in [1.807, 2.05) is 0 Å². The molecule has 1 unspecified atom stereocenters. The second kappa shape index (κ2) is 5.46. The van der Waals surface area contributed by atoms with Gasteiger partial charge in [0.2, 0.25) is 11.8 Å². The van der Waals surface area contributed by atoms with Gasteiger partial charge >= 0.3 is 0 Å². The molecule has 2 aliphatic rings. The largest absolute Gasteiger partial charge is 0.381 e. The summed E-state index contributed by atoms with van der Waals surface area (Å²) in [6, 6.07) is -0.342. The topological polar surface area (TPSA) is 75.9 Å². The van der Waals surface area contributed by atoms with E-state index in [4.69, 9.17) is 10.5 Å². The Bertz CT molecular complexity index is 364. The Balaban J connectivity index is 2.11. The highest BCUT2D eigenvalue weighted by atomic mass is 16.5. The zero-order chi connectivity index (χ0) is 14.0. The molecule has 108 valence electrons. The van der Waals surface area contributed by atoms with E-state index in [1.54, 1.807) is 23.9 Å². The highest BCUT2D eigenvalue weighted by Crippen LogP contribution is 2.26. The van der Waals surface area contributed by atoms with Crippen LogP contribution in [0.3, 0.4) is 0 Å². The molecule has 2 fully saturated rings. The van der Waals surface area contributed by atoms with Gasteiger partial charge in [-0.05, 0) is 25.7 Å². The third-order valence-electron chi connectivity index (χ3n) is 4.05. The molecular weight excluding hydrogens is 246 g/mol. The molecule has 2 heterocycles. The number of carbonyl (C=O) groups is 2. The van der Waals surface area contributed by atoms with Crippen molar-refractivity contribution in [3.8, 4) is 0 Å². The van der Waals surface area contributed by atoms with Crippen molar-refractivity contribution in [2.24, 2.45) is 5.73 Å². The zero-order valence-electron chi connectivity index (χ0n) is 11.7. The van der Waals surface area contributed by atoms with Crippen molar-refractivity contribution >= 4 is 11.8 Å². The smallest absolute Gasteiger partial charge is 0.244 e. The molecular formula is C13H23N3O3. The molecule has 0 radical (unpaired) electrons. The summed E-state index contributed by atoms with van der Waals surface area (Å²) < 4.78 is 5.26. The van der Waals surface area contributed by atoms with Crippen molar-refractivity contribution in [1.82, 2.24) is 9.80 Å². The number of hydrogen-bond acceptors (Lipinski definition) is 4. The van der Waals surface area contributed by atoms with Crippen molar-refractivity contribution in [3.05, 3.63) is 0 Å². The average Bonchev–Trinajstić information content (AvgIpc) is 2.86. The summed E-state index contributed by atoms with van der Waals surface area (Å²) in [4.78, 5) is 28.0. The van der Waals surface area contributed by atoms with Crippen LogP contribution >= 0.6 is 0 Å². The maximum absolute atomic E-state index is 12.6. The lowest BCUT2D eigenvalue weighted by molar-refractivity contribution is -0.147. The molecule has 2 N–H and O–H groups in total.